The fourth-order valence-electron chi connectivity index (χ4n) is 0.567. The number of hydrogen-bond acceptors (Lipinski definition) is 4. The third-order valence-electron chi connectivity index (χ3n) is 1.05. The number of nitrogens with one attached hydrogen (secondary N) is 1. The molecule has 0 aromatic rings. The summed E-state index contributed by atoms with van der Waals surface area (Å²) in [5.41, 5.74) is 0. The van der Waals surface area contributed by atoms with E-state index in [1.807, 2.05) is 0 Å². The maximum Gasteiger partial charge on any atom is 0.330 e. The SMILES string of the molecule is COC(=O)[C@@H](CO)NC(C)=O. The first-order chi connectivity index (χ1) is 5.11. The van der Waals surface area contributed by atoms with E-state index in [9.17, 15) is 9.59 Å². The van der Waals surface area contributed by atoms with Crippen molar-refractivity contribution >= 4 is 11.9 Å². The highest BCUT2D eigenvalue weighted by Crippen LogP contribution is 1.85. The average Bonchev–Trinajstić information content (AvgIpc) is 1.98. The van der Waals surface area contributed by atoms with Gasteiger partial charge < -0.3 is 15.2 Å². The van der Waals surface area contributed by atoms with E-state index in [0.29, 0.717) is 0 Å². The number of ether oxygens (including phenoxy) is 1. The maximum atomic E-state index is 10.7. The lowest BCUT2D eigenvalue weighted by molar-refractivity contribution is -0.145. The first-order valence-corrected chi connectivity index (χ1v) is 3.07. The zero-order valence-corrected chi connectivity index (χ0v) is 6.46. The van der Waals surface area contributed by atoms with E-state index in [0.717, 1.165) is 0 Å². The van der Waals surface area contributed by atoms with Crippen LogP contribution in [-0.4, -0.2) is 36.7 Å². The number of carbonyl (C=O) groups excluding carboxylic acids is 2. The van der Waals surface area contributed by atoms with Crippen molar-refractivity contribution in [3.8, 4) is 0 Å². The molecule has 11 heavy (non-hydrogen) atoms. The Kier molecular flexibility index (Phi) is 4.21. The molecule has 0 saturated carbocycles. The van der Waals surface area contributed by atoms with Gasteiger partial charge in [0.05, 0.1) is 13.7 Å². The third-order valence-corrected chi connectivity index (χ3v) is 1.05. The van der Waals surface area contributed by atoms with E-state index in [2.05, 4.69) is 10.1 Å². The predicted octanol–water partition coefficient (Wildman–Crippen LogP) is -1.34. The molecule has 0 aromatic heterocycles. The molecule has 0 aliphatic rings. The van der Waals surface area contributed by atoms with Gasteiger partial charge in [0.15, 0.2) is 6.04 Å². The summed E-state index contributed by atoms with van der Waals surface area (Å²) in [6.45, 7) is 0.803. The summed E-state index contributed by atoms with van der Waals surface area (Å²) >= 11 is 0. The Bertz CT molecular complexity index is 157. The molecule has 0 radical (unpaired) electrons. The molecular formula is C6H11NO4. The molecule has 64 valence electrons. The molecule has 0 rings (SSSR count). The number of esters is 1. The van der Waals surface area contributed by atoms with Crippen molar-refractivity contribution in [1.29, 1.82) is 0 Å². The summed E-state index contributed by atoms with van der Waals surface area (Å²) in [7, 11) is 1.19. The number of aliphatic hydroxyl groups excluding tert-OH is 1. The predicted molar refractivity (Wildman–Crippen MR) is 36.7 cm³/mol. The van der Waals surface area contributed by atoms with Crippen LogP contribution < -0.4 is 5.32 Å². The van der Waals surface area contributed by atoms with E-state index in [4.69, 9.17) is 5.11 Å². The summed E-state index contributed by atoms with van der Waals surface area (Å²) in [5.74, 6) is -1.03. The van der Waals surface area contributed by atoms with Crippen LogP contribution in [0.3, 0.4) is 0 Å². The second-order valence-corrected chi connectivity index (χ2v) is 1.96. The fraction of sp³-hybridized carbons (Fsp3) is 0.667. The van der Waals surface area contributed by atoms with Crippen LogP contribution >= 0.6 is 0 Å². The van der Waals surface area contributed by atoms with Gasteiger partial charge in [-0.3, -0.25) is 4.79 Å². The Morgan fingerprint density at radius 1 is 1.64 bits per heavy atom. The number of methoxy groups -OCH3 is 1. The van der Waals surface area contributed by atoms with Crippen molar-refractivity contribution in [2.45, 2.75) is 13.0 Å². The average molecular weight is 161 g/mol. The van der Waals surface area contributed by atoms with Gasteiger partial charge in [-0.1, -0.05) is 0 Å². The Balaban J connectivity index is 3.94. The molecule has 0 unspecified atom stereocenters. The van der Waals surface area contributed by atoms with Crippen molar-refractivity contribution in [2.75, 3.05) is 13.7 Å². The van der Waals surface area contributed by atoms with E-state index >= 15 is 0 Å². The molecule has 2 N–H and O–H groups in total. The van der Waals surface area contributed by atoms with E-state index < -0.39 is 18.6 Å². The highest BCUT2D eigenvalue weighted by molar-refractivity contribution is 5.83. The van der Waals surface area contributed by atoms with Gasteiger partial charge in [-0.25, -0.2) is 4.79 Å². The van der Waals surface area contributed by atoms with E-state index in [1.54, 1.807) is 0 Å². The van der Waals surface area contributed by atoms with Crippen LogP contribution in [0, 0.1) is 0 Å². The number of hydrogen-bond donors (Lipinski definition) is 2. The molecule has 0 aromatic carbocycles. The second-order valence-electron chi connectivity index (χ2n) is 1.96. The molecule has 0 aliphatic heterocycles. The van der Waals surface area contributed by atoms with Crippen LogP contribution in [0.15, 0.2) is 0 Å². The first kappa shape index (κ1) is 9.90. The van der Waals surface area contributed by atoms with E-state index in [-0.39, 0.29) is 5.91 Å². The van der Waals surface area contributed by atoms with Crippen LogP contribution in [0.5, 0.6) is 0 Å². The highest BCUT2D eigenvalue weighted by Gasteiger charge is 2.17. The molecule has 0 bridgehead atoms. The van der Waals surface area contributed by atoms with Crippen LogP contribution in [-0.2, 0) is 14.3 Å². The van der Waals surface area contributed by atoms with Crippen molar-refractivity contribution in [3.05, 3.63) is 0 Å². The zero-order valence-electron chi connectivity index (χ0n) is 6.46. The maximum absolute atomic E-state index is 10.7. The van der Waals surface area contributed by atoms with Gasteiger partial charge >= 0.3 is 5.97 Å². The van der Waals surface area contributed by atoms with Crippen molar-refractivity contribution in [1.82, 2.24) is 5.32 Å². The van der Waals surface area contributed by atoms with Crippen molar-refractivity contribution in [3.63, 3.8) is 0 Å². The molecule has 5 heteroatoms. The Hall–Kier alpha value is -1.10. The minimum absolute atomic E-state index is 0.380. The topological polar surface area (TPSA) is 75.6 Å². The summed E-state index contributed by atoms with van der Waals surface area (Å²) in [4.78, 5) is 21.1. The molecule has 0 saturated heterocycles. The largest absolute Gasteiger partial charge is 0.467 e. The normalized spacial score (nSPS) is 11.9. The van der Waals surface area contributed by atoms with Gasteiger partial charge in [-0.2, -0.15) is 0 Å². The smallest absolute Gasteiger partial charge is 0.330 e. The molecular weight excluding hydrogens is 150 g/mol. The lowest BCUT2D eigenvalue weighted by Gasteiger charge is -2.11. The quantitative estimate of drug-likeness (QED) is 0.502. The van der Waals surface area contributed by atoms with Gasteiger partial charge in [0.2, 0.25) is 5.91 Å². The molecule has 1 atom stereocenters. The Labute approximate surface area is 64.3 Å². The second kappa shape index (κ2) is 4.68. The lowest BCUT2D eigenvalue weighted by Crippen LogP contribution is -2.42. The van der Waals surface area contributed by atoms with Gasteiger partial charge in [0.25, 0.3) is 0 Å². The highest BCUT2D eigenvalue weighted by atomic mass is 16.5. The minimum Gasteiger partial charge on any atom is -0.467 e. The number of aliphatic hydroxyl groups is 1. The first-order valence-electron chi connectivity index (χ1n) is 3.07. The number of carbonyl (C=O) groups is 2. The molecule has 5 nitrogen and oxygen atoms in total. The number of rotatable bonds is 3. The van der Waals surface area contributed by atoms with Crippen molar-refractivity contribution in [2.24, 2.45) is 0 Å². The lowest BCUT2D eigenvalue weighted by atomic mass is 10.3. The number of amides is 1. The summed E-state index contributed by atoms with van der Waals surface area (Å²) in [6, 6.07) is -0.947. The van der Waals surface area contributed by atoms with E-state index in [1.165, 1.54) is 14.0 Å². The van der Waals surface area contributed by atoms with Gasteiger partial charge in [0.1, 0.15) is 0 Å². The standard InChI is InChI=1S/C6H11NO4/c1-4(9)7-5(3-8)6(10)11-2/h5,8H,3H2,1-2H3,(H,7,9)/t5-/m1/s1. The Morgan fingerprint density at radius 2 is 2.18 bits per heavy atom. The molecule has 0 heterocycles. The van der Waals surface area contributed by atoms with Gasteiger partial charge in [0, 0.05) is 6.92 Å². The summed E-state index contributed by atoms with van der Waals surface area (Å²) in [5, 5.41) is 10.8. The molecule has 1 amide bonds. The van der Waals surface area contributed by atoms with Crippen molar-refractivity contribution < 1.29 is 19.4 Å². The zero-order chi connectivity index (χ0) is 8.85. The minimum atomic E-state index is -0.947. The summed E-state index contributed by atoms with van der Waals surface area (Å²) < 4.78 is 4.29. The van der Waals surface area contributed by atoms with Gasteiger partial charge in [-0.15, -0.1) is 0 Å². The van der Waals surface area contributed by atoms with Gasteiger partial charge in [-0.05, 0) is 0 Å². The van der Waals surface area contributed by atoms with Crippen LogP contribution in [0.25, 0.3) is 0 Å². The molecule has 0 spiro atoms. The monoisotopic (exact) mass is 161 g/mol. The summed E-state index contributed by atoms with van der Waals surface area (Å²) in [6.07, 6.45) is 0. The Morgan fingerprint density at radius 3 is 2.45 bits per heavy atom. The van der Waals surface area contributed by atoms with Crippen LogP contribution in [0.2, 0.25) is 0 Å². The van der Waals surface area contributed by atoms with Crippen LogP contribution in [0.1, 0.15) is 6.92 Å². The molecule has 0 fully saturated rings. The molecule has 0 aliphatic carbocycles. The van der Waals surface area contributed by atoms with Crippen LogP contribution in [0.4, 0.5) is 0 Å². The third kappa shape index (κ3) is 3.57. The fourth-order valence-corrected chi connectivity index (χ4v) is 0.567.